The van der Waals surface area contributed by atoms with E-state index in [0.29, 0.717) is 0 Å². The van der Waals surface area contributed by atoms with Crippen LogP contribution in [-0.4, -0.2) is 42.1 Å². The van der Waals surface area contributed by atoms with Crippen molar-refractivity contribution in [3.8, 4) is 0 Å². The summed E-state index contributed by atoms with van der Waals surface area (Å²) in [5, 5.41) is 0.862. The fourth-order valence-corrected chi connectivity index (χ4v) is 4.55. The highest BCUT2D eigenvalue weighted by molar-refractivity contribution is 8.17. The van der Waals surface area contributed by atoms with Crippen molar-refractivity contribution >= 4 is 28.9 Å². The molecule has 2 heterocycles. The van der Waals surface area contributed by atoms with Crippen LogP contribution < -0.4 is 0 Å². The molecule has 0 N–H and O–H groups in total. The van der Waals surface area contributed by atoms with Gasteiger partial charge < -0.3 is 9.64 Å². The number of hydrogen-bond acceptors (Lipinski definition) is 6. The second-order valence-corrected chi connectivity index (χ2v) is 7.19. The molecule has 118 valence electrons. The van der Waals surface area contributed by atoms with E-state index in [1.165, 1.54) is 0 Å². The first-order valence-corrected chi connectivity index (χ1v) is 8.33. The molecule has 0 amide bonds. The fourth-order valence-electron chi connectivity index (χ4n) is 3.45. The molecule has 4 rings (SSSR count). The summed E-state index contributed by atoms with van der Waals surface area (Å²) in [6.45, 7) is 0. The van der Waals surface area contributed by atoms with Crippen molar-refractivity contribution in [3.63, 3.8) is 0 Å². The van der Waals surface area contributed by atoms with Crippen molar-refractivity contribution in [3.05, 3.63) is 46.9 Å². The maximum Gasteiger partial charge on any atom is 0.320 e. The quantitative estimate of drug-likeness (QED) is 0.583. The maximum atomic E-state index is 12.3. The molecule has 2 aliphatic heterocycles. The molecule has 1 aromatic rings. The summed E-state index contributed by atoms with van der Waals surface area (Å²) in [4.78, 5) is 32.1. The molecule has 0 spiro atoms. The highest BCUT2D eigenvalue weighted by atomic mass is 32.2. The van der Waals surface area contributed by atoms with Gasteiger partial charge in [0, 0.05) is 24.9 Å². The number of aliphatic imine (C=N–C) groups is 1. The van der Waals surface area contributed by atoms with Gasteiger partial charge in [-0.3, -0.25) is 14.6 Å². The molecule has 3 aliphatic rings. The average molecular weight is 328 g/mol. The normalized spacial score (nSPS) is 31.9. The summed E-state index contributed by atoms with van der Waals surface area (Å²) in [7, 11) is 3.85. The number of nitrogens with zero attached hydrogens (tertiary/aromatic N) is 2. The average Bonchev–Trinajstić information content (AvgIpc) is 3.09. The van der Waals surface area contributed by atoms with Crippen molar-refractivity contribution in [2.24, 2.45) is 16.8 Å². The Hall–Kier alpha value is -2.08. The molecule has 6 heteroatoms. The van der Waals surface area contributed by atoms with Crippen molar-refractivity contribution in [2.75, 3.05) is 14.1 Å². The van der Waals surface area contributed by atoms with Gasteiger partial charge in [0.1, 0.15) is 0 Å². The second-order valence-electron chi connectivity index (χ2n) is 6.15. The lowest BCUT2D eigenvalue weighted by molar-refractivity contribution is -0.153. The summed E-state index contributed by atoms with van der Waals surface area (Å²) < 4.78 is 4.96. The number of rotatable bonds is 1. The summed E-state index contributed by atoms with van der Waals surface area (Å²) in [6, 6.07) is 9.52. The Morgan fingerprint density at radius 2 is 1.78 bits per heavy atom. The van der Waals surface area contributed by atoms with Gasteiger partial charge in [0.2, 0.25) is 0 Å². The molecule has 1 saturated heterocycles. The predicted octanol–water partition coefficient (Wildman–Crippen LogP) is 2.02. The van der Waals surface area contributed by atoms with Gasteiger partial charge in [-0.05, 0) is 5.56 Å². The number of cyclic esters (lactones) is 2. The van der Waals surface area contributed by atoms with Gasteiger partial charge in [-0.25, -0.2) is 0 Å². The zero-order chi connectivity index (χ0) is 16.1. The Morgan fingerprint density at radius 1 is 1.09 bits per heavy atom. The minimum Gasteiger partial charge on any atom is -0.393 e. The first-order chi connectivity index (χ1) is 11.1. The molecular formula is C17H16N2O3S. The van der Waals surface area contributed by atoms with E-state index in [4.69, 9.17) is 4.74 Å². The number of fused-ring (bicyclic) bond motifs is 3. The number of carbonyl (C=O) groups is 2. The number of allylic oxidation sites excluding steroid dienone is 1. The van der Waals surface area contributed by atoms with Gasteiger partial charge in [-0.2, -0.15) is 0 Å². The predicted molar refractivity (Wildman–Crippen MR) is 87.8 cm³/mol. The summed E-state index contributed by atoms with van der Waals surface area (Å²) in [5.41, 5.74) is 1.03. The summed E-state index contributed by atoms with van der Waals surface area (Å²) in [5.74, 6) is -2.01. The molecule has 0 radical (unpaired) electrons. The molecular weight excluding hydrogens is 312 g/mol. The van der Waals surface area contributed by atoms with Gasteiger partial charge in [0.15, 0.2) is 5.17 Å². The zero-order valence-electron chi connectivity index (χ0n) is 12.8. The lowest BCUT2D eigenvalue weighted by atomic mass is 9.72. The van der Waals surface area contributed by atoms with Gasteiger partial charge in [0.05, 0.1) is 17.9 Å². The Morgan fingerprint density at radius 3 is 2.48 bits per heavy atom. The molecule has 0 saturated carbocycles. The fraction of sp³-hybridized carbons (Fsp3) is 0.353. The first kappa shape index (κ1) is 14.5. The minimum atomic E-state index is -0.516. The third kappa shape index (κ3) is 2.20. The third-order valence-corrected chi connectivity index (χ3v) is 5.79. The Balaban J connectivity index is 1.81. The van der Waals surface area contributed by atoms with Crippen LogP contribution in [0.3, 0.4) is 0 Å². The number of thioether (sulfide) groups is 1. The van der Waals surface area contributed by atoms with Crippen LogP contribution in [0, 0.1) is 11.8 Å². The molecule has 1 aromatic carbocycles. The summed E-state index contributed by atoms with van der Waals surface area (Å²) in [6.07, 6.45) is 2.09. The molecule has 0 aromatic heterocycles. The smallest absolute Gasteiger partial charge is 0.320 e. The van der Waals surface area contributed by atoms with Crippen LogP contribution >= 0.6 is 11.8 Å². The Labute approximate surface area is 138 Å². The SMILES string of the molecule is CN(C)C1=N[C@H]2C(=C[C@@H](c3ccccc3)[C@H]3C(=O)OC(=O)[C@H]32)S1. The monoisotopic (exact) mass is 328 g/mol. The Kier molecular flexibility index (Phi) is 3.30. The molecule has 23 heavy (non-hydrogen) atoms. The van der Waals surface area contributed by atoms with Crippen molar-refractivity contribution in [1.29, 1.82) is 0 Å². The minimum absolute atomic E-state index is 0.143. The van der Waals surface area contributed by atoms with Crippen LogP contribution in [0.2, 0.25) is 0 Å². The van der Waals surface area contributed by atoms with Crippen LogP contribution in [0.25, 0.3) is 0 Å². The van der Waals surface area contributed by atoms with Gasteiger partial charge in [0.25, 0.3) is 0 Å². The van der Waals surface area contributed by atoms with E-state index in [0.717, 1.165) is 15.6 Å². The highest BCUT2D eigenvalue weighted by Gasteiger charge is 2.56. The third-order valence-electron chi connectivity index (χ3n) is 4.52. The number of hydrogen-bond donors (Lipinski definition) is 0. The van der Waals surface area contributed by atoms with Gasteiger partial charge in [-0.15, -0.1) is 0 Å². The standard InChI is InChI=1S/C17H16N2O3S/c1-19(2)17-18-14-11(23-17)8-10(9-6-4-3-5-7-9)12-13(14)16(21)22-15(12)20/h3-8,10,12-14H,1-2H3/t10-,12+,13+,14-/m0/s1. The molecule has 4 atom stereocenters. The van der Waals surface area contributed by atoms with Crippen molar-refractivity contribution in [1.82, 2.24) is 4.90 Å². The highest BCUT2D eigenvalue weighted by Crippen LogP contribution is 2.51. The van der Waals surface area contributed by atoms with E-state index in [9.17, 15) is 9.59 Å². The van der Waals surface area contributed by atoms with E-state index >= 15 is 0 Å². The lowest BCUT2D eigenvalue weighted by Crippen LogP contribution is -2.36. The van der Waals surface area contributed by atoms with E-state index in [2.05, 4.69) is 11.1 Å². The number of amidine groups is 1. The van der Waals surface area contributed by atoms with Crippen LogP contribution in [0.1, 0.15) is 11.5 Å². The van der Waals surface area contributed by atoms with Crippen molar-refractivity contribution in [2.45, 2.75) is 12.0 Å². The van der Waals surface area contributed by atoms with Crippen LogP contribution in [0.15, 0.2) is 46.3 Å². The largest absolute Gasteiger partial charge is 0.393 e. The molecule has 0 bridgehead atoms. The lowest BCUT2D eigenvalue weighted by Gasteiger charge is -2.30. The first-order valence-electron chi connectivity index (χ1n) is 7.51. The molecule has 1 fully saturated rings. The van der Waals surface area contributed by atoms with Crippen LogP contribution in [0.4, 0.5) is 0 Å². The van der Waals surface area contributed by atoms with E-state index in [1.807, 2.05) is 49.3 Å². The molecule has 5 nitrogen and oxygen atoms in total. The number of esters is 2. The van der Waals surface area contributed by atoms with E-state index < -0.39 is 23.8 Å². The van der Waals surface area contributed by atoms with Crippen LogP contribution in [0.5, 0.6) is 0 Å². The maximum absolute atomic E-state index is 12.3. The van der Waals surface area contributed by atoms with E-state index in [-0.39, 0.29) is 12.0 Å². The number of benzene rings is 1. The molecule has 1 aliphatic carbocycles. The van der Waals surface area contributed by atoms with Gasteiger partial charge in [-0.1, -0.05) is 48.2 Å². The topological polar surface area (TPSA) is 59.0 Å². The second kappa shape index (κ2) is 5.23. The zero-order valence-corrected chi connectivity index (χ0v) is 13.6. The van der Waals surface area contributed by atoms with Crippen molar-refractivity contribution < 1.29 is 14.3 Å². The number of carbonyl (C=O) groups excluding carboxylic acids is 2. The summed E-state index contributed by atoms with van der Waals surface area (Å²) >= 11 is 1.57. The molecule has 0 unspecified atom stereocenters. The number of ether oxygens (including phenoxy) is 1. The Bertz CT molecular complexity index is 741. The van der Waals surface area contributed by atoms with Gasteiger partial charge >= 0.3 is 11.9 Å². The van der Waals surface area contributed by atoms with Crippen LogP contribution in [-0.2, 0) is 14.3 Å². The van der Waals surface area contributed by atoms with E-state index in [1.54, 1.807) is 11.8 Å².